The molecule has 1 aromatic rings. The van der Waals surface area contributed by atoms with Crippen LogP contribution in [-0.4, -0.2) is 32.8 Å². The van der Waals surface area contributed by atoms with E-state index in [1.165, 1.54) is 13.2 Å². The molecule has 0 saturated carbocycles. The summed E-state index contributed by atoms with van der Waals surface area (Å²) < 4.78 is 31.7. The first-order valence-electron chi connectivity index (χ1n) is 5.02. The van der Waals surface area contributed by atoms with Crippen LogP contribution < -0.4 is 4.72 Å². The predicted molar refractivity (Wildman–Crippen MR) is 66.5 cm³/mol. The molecule has 0 fully saturated rings. The summed E-state index contributed by atoms with van der Waals surface area (Å²) in [6, 6.07) is 1.47. The Morgan fingerprint density at radius 2 is 2.18 bits per heavy atom. The molecular weight excluding hydrogens is 262 g/mol. The van der Waals surface area contributed by atoms with Crippen LogP contribution in [0.4, 0.5) is 0 Å². The molecule has 1 aromatic heterocycles. The molecule has 98 valence electrons. The van der Waals surface area contributed by atoms with Crippen LogP contribution in [0.2, 0.25) is 0 Å². The average molecular weight is 279 g/mol. The molecule has 0 aliphatic rings. The van der Waals surface area contributed by atoms with Crippen molar-refractivity contribution in [3.63, 3.8) is 0 Å². The smallest absolute Gasteiger partial charge is 0.250 e. The quantitative estimate of drug-likeness (QED) is 0.812. The van der Waals surface area contributed by atoms with E-state index in [-0.39, 0.29) is 17.4 Å². The van der Waals surface area contributed by atoms with E-state index in [1.54, 1.807) is 19.2 Å². The van der Waals surface area contributed by atoms with Crippen LogP contribution in [0.3, 0.4) is 0 Å². The predicted octanol–water partition coefficient (Wildman–Crippen LogP) is 0.944. The monoisotopic (exact) mass is 279 g/mol. The molecule has 0 radical (unpaired) electrons. The summed E-state index contributed by atoms with van der Waals surface area (Å²) in [5.41, 5.74) is -0.0725. The van der Waals surface area contributed by atoms with E-state index < -0.39 is 15.6 Å². The number of nitrogens with one attached hydrogen (secondary N) is 1. The Balaban J connectivity index is 2.88. The van der Waals surface area contributed by atoms with Crippen molar-refractivity contribution in [1.29, 1.82) is 0 Å². The van der Waals surface area contributed by atoms with Crippen LogP contribution in [0.5, 0.6) is 0 Å². The van der Waals surface area contributed by atoms with Crippen LogP contribution in [0.1, 0.15) is 19.4 Å². The highest BCUT2D eigenvalue weighted by molar-refractivity contribution is 7.91. The second-order valence-electron chi connectivity index (χ2n) is 4.35. The number of hydrogen-bond acceptors (Lipinski definition) is 5. The van der Waals surface area contributed by atoms with Gasteiger partial charge in [0.15, 0.2) is 0 Å². The van der Waals surface area contributed by atoms with Crippen molar-refractivity contribution in [1.82, 2.24) is 4.72 Å². The van der Waals surface area contributed by atoms with Gasteiger partial charge in [0.25, 0.3) is 10.0 Å². The fraction of sp³-hybridized carbons (Fsp3) is 0.600. The molecule has 0 spiro atoms. The van der Waals surface area contributed by atoms with Crippen molar-refractivity contribution in [2.24, 2.45) is 0 Å². The Hall–Kier alpha value is -0.470. The first-order chi connectivity index (χ1) is 7.80. The third-order valence-electron chi connectivity index (χ3n) is 1.99. The van der Waals surface area contributed by atoms with Gasteiger partial charge in [-0.3, -0.25) is 0 Å². The Morgan fingerprint density at radius 1 is 1.53 bits per heavy atom. The van der Waals surface area contributed by atoms with Crippen LogP contribution in [0, 0.1) is 0 Å². The Morgan fingerprint density at radius 3 is 2.65 bits per heavy atom. The van der Waals surface area contributed by atoms with Gasteiger partial charge >= 0.3 is 0 Å². The summed E-state index contributed by atoms with van der Waals surface area (Å²) in [5, 5.41) is 10.5. The summed E-state index contributed by atoms with van der Waals surface area (Å²) >= 11 is 1.09. The summed E-state index contributed by atoms with van der Waals surface area (Å²) in [5.74, 6) is 0. The van der Waals surface area contributed by atoms with E-state index in [4.69, 9.17) is 9.84 Å². The van der Waals surface area contributed by atoms with Gasteiger partial charge in [-0.2, -0.15) is 0 Å². The second-order valence-corrected chi connectivity index (χ2v) is 7.17. The SMILES string of the molecule is COCC(C)(C)NS(=O)(=O)c1cc(CO)cs1. The van der Waals surface area contributed by atoms with Crippen LogP contribution in [0.25, 0.3) is 0 Å². The second kappa shape index (κ2) is 5.45. The molecule has 5 nitrogen and oxygen atoms in total. The number of thiophene rings is 1. The number of aliphatic hydroxyl groups is 1. The minimum absolute atomic E-state index is 0.159. The normalized spacial score (nSPS) is 12.9. The number of aliphatic hydroxyl groups excluding tert-OH is 1. The fourth-order valence-electron chi connectivity index (χ4n) is 1.38. The molecule has 2 N–H and O–H groups in total. The van der Waals surface area contributed by atoms with Crippen molar-refractivity contribution in [2.75, 3.05) is 13.7 Å². The molecule has 0 saturated heterocycles. The maximum absolute atomic E-state index is 12.0. The standard InChI is InChI=1S/C10H17NO4S2/c1-10(2,7-15-3)11-17(13,14)9-4-8(5-12)6-16-9/h4,6,11-12H,5,7H2,1-3H3. The van der Waals surface area contributed by atoms with Gasteiger partial charge in [0.05, 0.1) is 18.8 Å². The van der Waals surface area contributed by atoms with E-state index in [0.29, 0.717) is 5.56 Å². The highest BCUT2D eigenvalue weighted by Gasteiger charge is 2.27. The van der Waals surface area contributed by atoms with Gasteiger partial charge in [0.2, 0.25) is 0 Å². The summed E-state index contributed by atoms with van der Waals surface area (Å²) in [6.45, 7) is 3.61. The maximum atomic E-state index is 12.0. The lowest BCUT2D eigenvalue weighted by molar-refractivity contribution is 0.141. The minimum Gasteiger partial charge on any atom is -0.392 e. The number of rotatable bonds is 6. The van der Waals surface area contributed by atoms with E-state index in [9.17, 15) is 8.42 Å². The molecule has 0 bridgehead atoms. The average Bonchev–Trinajstić information content (AvgIpc) is 2.64. The zero-order valence-electron chi connectivity index (χ0n) is 10.1. The molecule has 1 rings (SSSR count). The maximum Gasteiger partial charge on any atom is 0.250 e. The molecule has 0 aliphatic carbocycles. The molecule has 0 atom stereocenters. The van der Waals surface area contributed by atoms with Gasteiger partial charge in [-0.25, -0.2) is 13.1 Å². The minimum atomic E-state index is -3.55. The van der Waals surface area contributed by atoms with E-state index in [1.807, 2.05) is 0 Å². The molecule has 1 heterocycles. The summed E-state index contributed by atoms with van der Waals surface area (Å²) in [4.78, 5) is 0. The van der Waals surface area contributed by atoms with Crippen molar-refractivity contribution >= 4 is 21.4 Å². The molecule has 17 heavy (non-hydrogen) atoms. The van der Waals surface area contributed by atoms with E-state index in [2.05, 4.69) is 4.72 Å². The molecule has 0 unspecified atom stereocenters. The van der Waals surface area contributed by atoms with Crippen LogP contribution in [0.15, 0.2) is 15.7 Å². The third kappa shape index (κ3) is 4.04. The van der Waals surface area contributed by atoms with Gasteiger partial charge in [-0.1, -0.05) is 0 Å². The topological polar surface area (TPSA) is 75.6 Å². The number of methoxy groups -OCH3 is 1. The summed E-state index contributed by atoms with van der Waals surface area (Å²) in [6.07, 6.45) is 0. The van der Waals surface area contributed by atoms with E-state index >= 15 is 0 Å². The zero-order chi connectivity index (χ0) is 13.1. The number of sulfonamides is 1. The first kappa shape index (κ1) is 14.6. The summed E-state index contributed by atoms with van der Waals surface area (Å²) in [7, 11) is -2.03. The van der Waals surface area contributed by atoms with Gasteiger partial charge < -0.3 is 9.84 Å². The highest BCUT2D eigenvalue weighted by Crippen LogP contribution is 2.21. The lowest BCUT2D eigenvalue weighted by atomic mass is 10.1. The van der Waals surface area contributed by atoms with Crippen molar-refractivity contribution < 1.29 is 18.3 Å². The van der Waals surface area contributed by atoms with Crippen LogP contribution in [-0.2, 0) is 21.4 Å². The highest BCUT2D eigenvalue weighted by atomic mass is 32.2. The van der Waals surface area contributed by atoms with Crippen LogP contribution >= 0.6 is 11.3 Å². The fourth-order valence-corrected chi connectivity index (χ4v) is 3.98. The van der Waals surface area contributed by atoms with Gasteiger partial charge in [0, 0.05) is 7.11 Å². The Labute approximate surface area is 105 Å². The largest absolute Gasteiger partial charge is 0.392 e. The zero-order valence-corrected chi connectivity index (χ0v) is 11.7. The Bertz CT molecular complexity index is 464. The molecular formula is C10H17NO4S2. The van der Waals surface area contributed by atoms with Crippen molar-refractivity contribution in [2.45, 2.75) is 30.2 Å². The van der Waals surface area contributed by atoms with Crippen molar-refractivity contribution in [3.05, 3.63) is 17.0 Å². The van der Waals surface area contributed by atoms with Gasteiger partial charge in [-0.15, -0.1) is 11.3 Å². The lowest BCUT2D eigenvalue weighted by Crippen LogP contribution is -2.46. The molecule has 0 aromatic carbocycles. The third-order valence-corrected chi connectivity index (χ3v) is 5.18. The molecule has 0 amide bonds. The Kier molecular flexibility index (Phi) is 4.68. The number of ether oxygens (including phenoxy) is 1. The van der Waals surface area contributed by atoms with Gasteiger partial charge in [-0.05, 0) is 30.9 Å². The first-order valence-corrected chi connectivity index (χ1v) is 7.38. The molecule has 7 heteroatoms. The van der Waals surface area contributed by atoms with E-state index in [0.717, 1.165) is 11.3 Å². The number of hydrogen-bond donors (Lipinski definition) is 2. The lowest BCUT2D eigenvalue weighted by Gasteiger charge is -2.24. The van der Waals surface area contributed by atoms with Gasteiger partial charge in [0.1, 0.15) is 4.21 Å². The van der Waals surface area contributed by atoms with Crippen molar-refractivity contribution in [3.8, 4) is 0 Å². The molecule has 0 aliphatic heterocycles.